The second-order valence-electron chi connectivity index (χ2n) is 5.48. The van der Waals surface area contributed by atoms with Crippen LogP contribution in [0.3, 0.4) is 0 Å². The van der Waals surface area contributed by atoms with E-state index in [9.17, 15) is 4.79 Å². The SMILES string of the molecule is COCC#CC(C)(C)NC(=O)C(Oc1nc2ccccc2s1)SC. The maximum atomic E-state index is 12.5. The predicted molar refractivity (Wildman–Crippen MR) is 99.4 cm³/mol. The van der Waals surface area contributed by atoms with Crippen LogP contribution in [0.5, 0.6) is 5.19 Å². The summed E-state index contributed by atoms with van der Waals surface area (Å²) in [6.07, 6.45) is 1.82. The van der Waals surface area contributed by atoms with Crippen LogP contribution in [-0.2, 0) is 9.53 Å². The summed E-state index contributed by atoms with van der Waals surface area (Å²) in [6, 6.07) is 7.76. The Bertz CT molecular complexity index is 729. The van der Waals surface area contributed by atoms with Crippen LogP contribution in [0.4, 0.5) is 0 Å². The monoisotopic (exact) mass is 364 g/mol. The summed E-state index contributed by atoms with van der Waals surface area (Å²) >= 11 is 2.73. The van der Waals surface area contributed by atoms with E-state index in [2.05, 4.69) is 22.1 Å². The Balaban J connectivity index is 2.04. The van der Waals surface area contributed by atoms with Gasteiger partial charge in [0, 0.05) is 7.11 Å². The number of carbonyl (C=O) groups excluding carboxylic acids is 1. The van der Waals surface area contributed by atoms with Gasteiger partial charge in [-0.05, 0) is 32.2 Å². The normalized spacial score (nSPS) is 12.3. The molecule has 1 unspecified atom stereocenters. The van der Waals surface area contributed by atoms with Crippen molar-refractivity contribution in [1.82, 2.24) is 10.3 Å². The molecule has 24 heavy (non-hydrogen) atoms. The summed E-state index contributed by atoms with van der Waals surface area (Å²) in [7, 11) is 1.58. The van der Waals surface area contributed by atoms with Gasteiger partial charge in [-0.25, -0.2) is 4.98 Å². The van der Waals surface area contributed by atoms with Crippen molar-refractivity contribution in [1.29, 1.82) is 0 Å². The summed E-state index contributed by atoms with van der Waals surface area (Å²) in [4.78, 5) is 16.9. The first-order valence-electron chi connectivity index (χ1n) is 7.31. The number of thiazole rings is 1. The third-order valence-electron chi connectivity index (χ3n) is 2.96. The van der Waals surface area contributed by atoms with E-state index in [1.807, 2.05) is 44.4 Å². The number of fused-ring (bicyclic) bond motifs is 1. The van der Waals surface area contributed by atoms with E-state index in [1.165, 1.54) is 23.1 Å². The summed E-state index contributed by atoms with van der Waals surface area (Å²) in [6.45, 7) is 4.00. The lowest BCUT2D eigenvalue weighted by Gasteiger charge is -2.23. The first-order chi connectivity index (χ1) is 11.4. The Morgan fingerprint density at radius 3 is 2.88 bits per heavy atom. The molecule has 0 aliphatic heterocycles. The minimum Gasteiger partial charge on any atom is -0.445 e. The predicted octanol–water partition coefficient (Wildman–Crippen LogP) is 2.91. The molecule has 0 saturated carbocycles. The van der Waals surface area contributed by atoms with Crippen molar-refractivity contribution in [3.8, 4) is 17.0 Å². The first-order valence-corrected chi connectivity index (χ1v) is 9.41. The van der Waals surface area contributed by atoms with Crippen molar-refractivity contribution in [2.45, 2.75) is 24.8 Å². The van der Waals surface area contributed by atoms with Crippen molar-refractivity contribution < 1.29 is 14.3 Å². The zero-order valence-corrected chi connectivity index (χ0v) is 15.7. The van der Waals surface area contributed by atoms with Crippen LogP contribution in [0.2, 0.25) is 0 Å². The van der Waals surface area contributed by atoms with Crippen molar-refractivity contribution in [3.05, 3.63) is 24.3 Å². The van der Waals surface area contributed by atoms with Gasteiger partial charge in [0.05, 0.1) is 15.8 Å². The van der Waals surface area contributed by atoms with Gasteiger partial charge in [0.2, 0.25) is 5.44 Å². The molecule has 1 atom stereocenters. The quantitative estimate of drug-likeness (QED) is 0.631. The molecule has 128 valence electrons. The number of nitrogens with zero attached hydrogens (tertiary/aromatic N) is 1. The van der Waals surface area contributed by atoms with Gasteiger partial charge < -0.3 is 14.8 Å². The van der Waals surface area contributed by atoms with Crippen molar-refractivity contribution in [2.75, 3.05) is 20.0 Å². The molecule has 0 aliphatic carbocycles. The highest BCUT2D eigenvalue weighted by Gasteiger charge is 2.26. The molecule has 0 aliphatic rings. The third-order valence-corrected chi connectivity index (χ3v) is 4.63. The number of para-hydroxylation sites is 1. The first kappa shape index (κ1) is 18.6. The molecule has 1 aromatic carbocycles. The molecule has 1 N–H and O–H groups in total. The Morgan fingerprint density at radius 1 is 1.46 bits per heavy atom. The standard InChI is InChI=1S/C17H20N2O3S2/c1-17(2,10-7-11-21-3)19-14(20)15(23-4)22-16-18-12-8-5-6-9-13(12)24-16/h5-6,8-9,15H,11H2,1-4H3,(H,19,20). The molecule has 0 bridgehead atoms. The van der Waals surface area contributed by atoms with Crippen LogP contribution in [-0.4, -0.2) is 41.8 Å². The largest absolute Gasteiger partial charge is 0.445 e. The number of hydrogen-bond acceptors (Lipinski definition) is 6. The Morgan fingerprint density at radius 2 is 2.21 bits per heavy atom. The van der Waals surface area contributed by atoms with Crippen molar-refractivity contribution >= 4 is 39.2 Å². The van der Waals surface area contributed by atoms with E-state index in [0.29, 0.717) is 11.8 Å². The van der Waals surface area contributed by atoms with Gasteiger partial charge >= 0.3 is 0 Å². The fourth-order valence-electron chi connectivity index (χ4n) is 1.93. The maximum absolute atomic E-state index is 12.5. The van der Waals surface area contributed by atoms with Crippen molar-refractivity contribution in [2.24, 2.45) is 0 Å². The minimum absolute atomic E-state index is 0.238. The van der Waals surface area contributed by atoms with E-state index in [4.69, 9.17) is 9.47 Å². The second-order valence-corrected chi connectivity index (χ2v) is 7.37. The van der Waals surface area contributed by atoms with Crippen LogP contribution >= 0.6 is 23.1 Å². The molecule has 7 heteroatoms. The number of hydrogen-bond donors (Lipinski definition) is 1. The molecule has 1 amide bonds. The number of ether oxygens (including phenoxy) is 2. The molecule has 1 aromatic heterocycles. The summed E-state index contributed by atoms with van der Waals surface area (Å²) in [5.41, 5.74) is -0.488. The topological polar surface area (TPSA) is 60.5 Å². The average Bonchev–Trinajstić information content (AvgIpc) is 2.94. The van der Waals surface area contributed by atoms with Gasteiger partial charge in [0.25, 0.3) is 11.1 Å². The summed E-state index contributed by atoms with van der Waals surface area (Å²) in [5.74, 6) is 5.59. The lowest BCUT2D eigenvalue weighted by molar-refractivity contribution is -0.125. The zero-order chi connectivity index (χ0) is 17.6. The maximum Gasteiger partial charge on any atom is 0.275 e. The van der Waals surface area contributed by atoms with Gasteiger partial charge in [0.1, 0.15) is 6.61 Å². The highest BCUT2D eigenvalue weighted by molar-refractivity contribution is 7.99. The van der Waals surface area contributed by atoms with Gasteiger partial charge in [0.15, 0.2) is 0 Å². The Labute approximate surface area is 150 Å². The molecule has 2 rings (SSSR count). The number of rotatable bonds is 6. The van der Waals surface area contributed by atoms with Gasteiger partial charge in [-0.3, -0.25) is 4.79 Å². The molecule has 0 fully saturated rings. The van der Waals surface area contributed by atoms with E-state index >= 15 is 0 Å². The average molecular weight is 364 g/mol. The molecule has 0 radical (unpaired) electrons. The molecule has 2 aromatic rings. The van der Waals surface area contributed by atoms with Crippen LogP contribution in [0.1, 0.15) is 13.8 Å². The number of methoxy groups -OCH3 is 1. The third kappa shape index (κ3) is 5.13. The molecular formula is C17H20N2O3S2. The van der Waals surface area contributed by atoms with Crippen LogP contribution in [0, 0.1) is 11.8 Å². The minimum atomic E-state index is -0.686. The van der Waals surface area contributed by atoms with Crippen molar-refractivity contribution in [3.63, 3.8) is 0 Å². The van der Waals surface area contributed by atoms with Gasteiger partial charge in [-0.2, -0.15) is 0 Å². The zero-order valence-electron chi connectivity index (χ0n) is 14.1. The number of aromatic nitrogens is 1. The Hall–Kier alpha value is -1.75. The highest BCUT2D eigenvalue weighted by atomic mass is 32.2. The number of nitrogens with one attached hydrogen (secondary N) is 1. The summed E-state index contributed by atoms with van der Waals surface area (Å²) < 4.78 is 11.7. The number of amides is 1. The number of benzene rings is 1. The van der Waals surface area contributed by atoms with E-state index in [1.54, 1.807) is 7.11 Å². The van der Waals surface area contributed by atoms with E-state index < -0.39 is 11.0 Å². The highest BCUT2D eigenvalue weighted by Crippen LogP contribution is 2.29. The summed E-state index contributed by atoms with van der Waals surface area (Å²) in [5, 5.41) is 3.36. The van der Waals surface area contributed by atoms with E-state index in [-0.39, 0.29) is 5.91 Å². The van der Waals surface area contributed by atoms with Crippen LogP contribution in [0.25, 0.3) is 10.2 Å². The molecular weight excluding hydrogens is 344 g/mol. The lowest BCUT2D eigenvalue weighted by Crippen LogP contribution is -2.47. The fraction of sp³-hybridized carbons (Fsp3) is 0.412. The molecule has 5 nitrogen and oxygen atoms in total. The smallest absolute Gasteiger partial charge is 0.275 e. The van der Waals surface area contributed by atoms with Gasteiger partial charge in [-0.15, -0.1) is 11.8 Å². The molecule has 0 spiro atoms. The number of thioether (sulfide) groups is 1. The Kier molecular flexibility index (Phi) is 6.49. The molecule has 0 saturated heterocycles. The molecule has 1 heterocycles. The van der Waals surface area contributed by atoms with E-state index in [0.717, 1.165) is 10.2 Å². The van der Waals surface area contributed by atoms with Crippen LogP contribution in [0.15, 0.2) is 24.3 Å². The number of carbonyl (C=O) groups is 1. The van der Waals surface area contributed by atoms with Crippen LogP contribution < -0.4 is 10.1 Å². The fourth-order valence-corrected chi connectivity index (χ4v) is 3.29. The second kappa shape index (κ2) is 8.38. The van der Waals surface area contributed by atoms with Gasteiger partial charge in [-0.1, -0.05) is 35.3 Å². The lowest BCUT2D eigenvalue weighted by atomic mass is 10.1.